The molecule has 1 heterocycles. The molecule has 0 fully saturated rings. The summed E-state index contributed by atoms with van der Waals surface area (Å²) in [4.78, 5) is 25.0. The molecule has 2 rings (SSSR count). The third kappa shape index (κ3) is 2.27. The van der Waals surface area contributed by atoms with E-state index in [0.717, 1.165) is 0 Å². The highest BCUT2D eigenvalue weighted by Crippen LogP contribution is 2.10. The van der Waals surface area contributed by atoms with Gasteiger partial charge in [-0.3, -0.25) is 4.98 Å². The van der Waals surface area contributed by atoms with Crippen LogP contribution in [-0.2, 0) is 0 Å². The largest absolute Gasteiger partial charge is 0.419 e. The number of fused-ring (bicyclic) bond motifs is 1. The van der Waals surface area contributed by atoms with Crippen molar-refractivity contribution in [1.29, 1.82) is 0 Å². The van der Waals surface area contributed by atoms with E-state index in [2.05, 4.69) is 26.6 Å². The lowest BCUT2D eigenvalue weighted by molar-refractivity contribution is 0.460. The van der Waals surface area contributed by atoms with Crippen LogP contribution in [0.4, 0.5) is 0 Å². The predicted octanol–water partition coefficient (Wildman–Crippen LogP) is 0.0522. The van der Waals surface area contributed by atoms with E-state index in [9.17, 15) is 9.59 Å². The van der Waals surface area contributed by atoms with E-state index in [1.165, 1.54) is 0 Å². The first-order valence-corrected chi connectivity index (χ1v) is 5.02. The molecule has 0 amide bonds. The Labute approximate surface area is 96.5 Å². The van der Waals surface area contributed by atoms with E-state index in [-0.39, 0.29) is 0 Å². The minimum Gasteiger partial charge on any atom is -0.372 e. The zero-order valence-corrected chi connectivity index (χ0v) is 9.16. The topological polar surface area (TPSA) is 75.1 Å². The highest BCUT2D eigenvalue weighted by atomic mass is 16.4. The summed E-state index contributed by atoms with van der Waals surface area (Å²) in [7, 11) is 1.78. The molecule has 17 heavy (non-hydrogen) atoms. The standard InChI is InChI=1S/C12H10N2O3/c1-13-7-3-5-8-4-2-6-9-10(8)11(15)17-12(16)14-9/h2,4,6,13H,7H2,1H3,(H,14,16). The molecule has 0 aliphatic heterocycles. The monoisotopic (exact) mass is 230 g/mol. The van der Waals surface area contributed by atoms with Crippen LogP contribution in [0.25, 0.3) is 10.9 Å². The zero-order valence-electron chi connectivity index (χ0n) is 9.16. The molecule has 0 saturated heterocycles. The summed E-state index contributed by atoms with van der Waals surface area (Å²) >= 11 is 0. The van der Waals surface area contributed by atoms with Gasteiger partial charge in [0.25, 0.3) is 0 Å². The summed E-state index contributed by atoms with van der Waals surface area (Å²) in [5, 5.41) is 3.18. The number of hydrogen-bond donors (Lipinski definition) is 2. The zero-order chi connectivity index (χ0) is 12.3. The maximum atomic E-state index is 11.6. The Bertz CT molecular complexity index is 716. The molecule has 5 heteroatoms. The lowest BCUT2D eigenvalue weighted by Crippen LogP contribution is -2.15. The number of rotatable bonds is 1. The average Bonchev–Trinajstić information content (AvgIpc) is 2.28. The van der Waals surface area contributed by atoms with E-state index in [0.29, 0.717) is 23.0 Å². The third-order valence-corrected chi connectivity index (χ3v) is 2.18. The Morgan fingerprint density at radius 3 is 3.00 bits per heavy atom. The molecule has 0 atom stereocenters. The number of benzene rings is 1. The van der Waals surface area contributed by atoms with Crippen molar-refractivity contribution >= 4 is 10.9 Å². The van der Waals surface area contributed by atoms with E-state index in [4.69, 9.17) is 0 Å². The number of aromatic amines is 1. The smallest absolute Gasteiger partial charge is 0.372 e. The van der Waals surface area contributed by atoms with Crippen molar-refractivity contribution < 1.29 is 4.42 Å². The van der Waals surface area contributed by atoms with E-state index in [1.807, 2.05) is 0 Å². The van der Waals surface area contributed by atoms with Crippen LogP contribution in [0.15, 0.2) is 32.2 Å². The van der Waals surface area contributed by atoms with Crippen LogP contribution in [0.1, 0.15) is 5.56 Å². The second kappa shape index (κ2) is 4.68. The van der Waals surface area contributed by atoms with E-state index < -0.39 is 11.4 Å². The predicted molar refractivity (Wildman–Crippen MR) is 63.9 cm³/mol. The summed E-state index contributed by atoms with van der Waals surface area (Å²) in [5.74, 6) is 4.94. The van der Waals surface area contributed by atoms with Crippen molar-refractivity contribution in [2.45, 2.75) is 0 Å². The summed E-state index contributed by atoms with van der Waals surface area (Å²) in [6.45, 7) is 0.519. The summed E-state index contributed by atoms with van der Waals surface area (Å²) in [5.41, 5.74) is 0.309. The first-order valence-electron chi connectivity index (χ1n) is 5.02. The van der Waals surface area contributed by atoms with Crippen molar-refractivity contribution in [3.8, 4) is 11.8 Å². The molecule has 2 N–H and O–H groups in total. The van der Waals surface area contributed by atoms with Gasteiger partial charge in [0.2, 0.25) is 0 Å². The van der Waals surface area contributed by atoms with Crippen molar-refractivity contribution in [3.05, 3.63) is 44.7 Å². The van der Waals surface area contributed by atoms with Crippen LogP contribution in [0.3, 0.4) is 0 Å². The van der Waals surface area contributed by atoms with Gasteiger partial charge >= 0.3 is 11.4 Å². The molecule has 0 radical (unpaired) electrons. The highest BCUT2D eigenvalue weighted by Gasteiger charge is 2.05. The lowest BCUT2D eigenvalue weighted by atomic mass is 10.1. The molecule has 2 aromatic rings. The van der Waals surface area contributed by atoms with Gasteiger partial charge < -0.3 is 9.73 Å². The second-order valence-electron chi connectivity index (χ2n) is 3.36. The molecule has 0 unspecified atom stereocenters. The molecule has 86 valence electrons. The molecule has 5 nitrogen and oxygen atoms in total. The number of nitrogens with one attached hydrogen (secondary N) is 2. The first kappa shape index (κ1) is 11.2. The van der Waals surface area contributed by atoms with Crippen LogP contribution in [0.2, 0.25) is 0 Å². The summed E-state index contributed by atoms with van der Waals surface area (Å²) in [6.07, 6.45) is 0. The molecule has 1 aromatic carbocycles. The minimum atomic E-state index is -0.761. The molecular formula is C12H10N2O3. The minimum absolute atomic E-state index is 0.302. The number of hydrogen-bond acceptors (Lipinski definition) is 4. The van der Waals surface area contributed by atoms with Crippen LogP contribution >= 0.6 is 0 Å². The fourth-order valence-electron chi connectivity index (χ4n) is 1.48. The van der Waals surface area contributed by atoms with Gasteiger partial charge in [-0.25, -0.2) is 9.59 Å². The van der Waals surface area contributed by atoms with Crippen molar-refractivity contribution in [1.82, 2.24) is 10.3 Å². The van der Waals surface area contributed by atoms with Gasteiger partial charge in [0.05, 0.1) is 17.4 Å². The Morgan fingerprint density at radius 1 is 1.41 bits per heavy atom. The molecule has 0 bridgehead atoms. The van der Waals surface area contributed by atoms with Gasteiger partial charge in [-0.05, 0) is 19.2 Å². The van der Waals surface area contributed by atoms with Gasteiger partial charge in [0.1, 0.15) is 0 Å². The second-order valence-corrected chi connectivity index (χ2v) is 3.36. The van der Waals surface area contributed by atoms with Gasteiger partial charge in [-0.1, -0.05) is 17.9 Å². The quantitative estimate of drug-likeness (QED) is 0.679. The first-order chi connectivity index (χ1) is 8.22. The van der Waals surface area contributed by atoms with E-state index >= 15 is 0 Å². The number of aromatic nitrogens is 1. The maximum absolute atomic E-state index is 11.6. The Kier molecular flexibility index (Phi) is 3.08. The summed E-state index contributed by atoms with van der Waals surface area (Å²) < 4.78 is 4.49. The van der Waals surface area contributed by atoms with Crippen LogP contribution in [0.5, 0.6) is 0 Å². The maximum Gasteiger partial charge on any atom is 0.419 e. The fourth-order valence-corrected chi connectivity index (χ4v) is 1.48. The van der Waals surface area contributed by atoms with Gasteiger partial charge in [0.15, 0.2) is 0 Å². The molecular weight excluding hydrogens is 220 g/mol. The normalized spacial score (nSPS) is 9.94. The SMILES string of the molecule is CNCC#Cc1cccc2[nH]c(=O)oc(=O)c12. The molecule has 0 spiro atoms. The molecule has 0 aliphatic rings. The average molecular weight is 230 g/mol. The molecule has 0 aliphatic carbocycles. The fraction of sp³-hybridized carbons (Fsp3) is 0.167. The number of H-pyrrole nitrogens is 1. The Morgan fingerprint density at radius 2 is 2.24 bits per heavy atom. The van der Waals surface area contributed by atoms with E-state index in [1.54, 1.807) is 25.2 Å². The van der Waals surface area contributed by atoms with Gasteiger partial charge in [0, 0.05) is 5.56 Å². The van der Waals surface area contributed by atoms with Crippen molar-refractivity contribution in [2.75, 3.05) is 13.6 Å². The Hall–Kier alpha value is -2.32. The van der Waals surface area contributed by atoms with Crippen LogP contribution < -0.4 is 16.7 Å². The Balaban J connectivity index is 2.71. The molecule has 0 saturated carbocycles. The van der Waals surface area contributed by atoms with Crippen LogP contribution in [0, 0.1) is 11.8 Å². The highest BCUT2D eigenvalue weighted by molar-refractivity contribution is 5.83. The van der Waals surface area contributed by atoms with Crippen molar-refractivity contribution in [3.63, 3.8) is 0 Å². The van der Waals surface area contributed by atoms with Crippen molar-refractivity contribution in [2.24, 2.45) is 0 Å². The van der Waals surface area contributed by atoms with Gasteiger partial charge in [-0.2, -0.15) is 0 Å². The lowest BCUT2D eigenvalue weighted by Gasteiger charge is -1.97. The van der Waals surface area contributed by atoms with Gasteiger partial charge in [-0.15, -0.1) is 0 Å². The molecule has 1 aromatic heterocycles. The summed E-state index contributed by atoms with van der Waals surface area (Å²) in [6, 6.07) is 5.07. The third-order valence-electron chi connectivity index (χ3n) is 2.18. The van der Waals surface area contributed by atoms with Crippen LogP contribution in [-0.4, -0.2) is 18.6 Å².